The Morgan fingerprint density at radius 3 is 2.38 bits per heavy atom. The van der Waals surface area contributed by atoms with Crippen molar-refractivity contribution in [3.05, 3.63) is 29.1 Å². The maximum atomic E-state index is 4.27. The molecule has 1 unspecified atom stereocenters. The van der Waals surface area contributed by atoms with Crippen LogP contribution in [0.1, 0.15) is 37.5 Å². The third-order valence-electron chi connectivity index (χ3n) is 2.35. The van der Waals surface area contributed by atoms with Crippen molar-refractivity contribution in [1.29, 1.82) is 0 Å². The maximum absolute atomic E-state index is 4.27. The minimum Gasteiger partial charge on any atom is -0.264 e. The molecule has 1 atom stereocenters. The van der Waals surface area contributed by atoms with Gasteiger partial charge in [-0.15, -0.1) is 9.24 Å². The molecule has 0 aliphatic carbocycles. The highest BCUT2D eigenvalue weighted by Crippen LogP contribution is 2.27. The molecular formula is C11H18NP. The van der Waals surface area contributed by atoms with E-state index < -0.39 is 0 Å². The molecule has 1 rings (SSSR count). The van der Waals surface area contributed by atoms with Crippen LogP contribution in [-0.4, -0.2) is 4.98 Å². The molecular weight excluding hydrogens is 177 g/mol. The van der Waals surface area contributed by atoms with Crippen LogP contribution in [-0.2, 0) is 11.6 Å². The van der Waals surface area contributed by atoms with E-state index in [4.69, 9.17) is 0 Å². The fourth-order valence-electron chi connectivity index (χ4n) is 1.53. The quantitative estimate of drug-likeness (QED) is 0.627. The largest absolute Gasteiger partial charge is 0.264 e. The van der Waals surface area contributed by atoms with Gasteiger partial charge in [-0.2, -0.15) is 0 Å². The number of hydrogen-bond donors (Lipinski definition) is 0. The van der Waals surface area contributed by atoms with E-state index in [1.165, 1.54) is 16.7 Å². The maximum Gasteiger partial charge on any atom is 0.0308 e. The smallest absolute Gasteiger partial charge is 0.0308 e. The van der Waals surface area contributed by atoms with E-state index >= 15 is 0 Å². The van der Waals surface area contributed by atoms with Crippen LogP contribution in [0, 0.1) is 6.92 Å². The Morgan fingerprint density at radius 1 is 1.31 bits per heavy atom. The van der Waals surface area contributed by atoms with E-state index in [0.717, 1.165) is 6.16 Å². The topological polar surface area (TPSA) is 12.9 Å². The summed E-state index contributed by atoms with van der Waals surface area (Å²) in [4.78, 5) is 4.27. The summed E-state index contributed by atoms with van der Waals surface area (Å²) in [7, 11) is 2.75. The third-order valence-corrected chi connectivity index (χ3v) is 2.79. The molecule has 0 saturated carbocycles. The fraction of sp³-hybridized carbons (Fsp3) is 0.545. The van der Waals surface area contributed by atoms with Gasteiger partial charge in [-0.25, -0.2) is 0 Å². The van der Waals surface area contributed by atoms with Gasteiger partial charge in [0.15, 0.2) is 0 Å². The third kappa shape index (κ3) is 2.28. The van der Waals surface area contributed by atoms with Crippen molar-refractivity contribution in [3.63, 3.8) is 0 Å². The average molecular weight is 195 g/mol. The van der Waals surface area contributed by atoms with E-state index in [1.54, 1.807) is 0 Å². The van der Waals surface area contributed by atoms with E-state index in [0.29, 0.717) is 0 Å². The Bertz CT molecular complexity index is 299. The lowest BCUT2D eigenvalue weighted by atomic mass is 9.84. The zero-order valence-corrected chi connectivity index (χ0v) is 10.0. The molecule has 2 heteroatoms. The normalized spacial score (nSPS) is 11.8. The van der Waals surface area contributed by atoms with Gasteiger partial charge < -0.3 is 0 Å². The molecule has 0 aliphatic rings. The zero-order valence-electron chi connectivity index (χ0n) is 8.89. The van der Waals surface area contributed by atoms with Crippen molar-refractivity contribution in [3.8, 4) is 0 Å². The first-order valence-electron chi connectivity index (χ1n) is 4.61. The summed E-state index contributed by atoms with van der Waals surface area (Å²) in [5, 5.41) is 0. The van der Waals surface area contributed by atoms with E-state index in [9.17, 15) is 0 Å². The second kappa shape index (κ2) is 3.75. The van der Waals surface area contributed by atoms with Crippen LogP contribution in [0.25, 0.3) is 0 Å². The summed E-state index contributed by atoms with van der Waals surface area (Å²) in [6.45, 7) is 8.86. The number of aromatic nitrogens is 1. The van der Waals surface area contributed by atoms with Gasteiger partial charge in [0.2, 0.25) is 0 Å². The second-order valence-corrected chi connectivity index (χ2v) is 4.83. The summed E-state index contributed by atoms with van der Waals surface area (Å²) >= 11 is 0. The van der Waals surface area contributed by atoms with E-state index in [-0.39, 0.29) is 5.41 Å². The van der Waals surface area contributed by atoms with E-state index in [2.05, 4.69) is 41.9 Å². The fourth-order valence-corrected chi connectivity index (χ4v) is 1.94. The molecule has 0 aromatic carbocycles. The summed E-state index contributed by atoms with van der Waals surface area (Å²) in [6, 6.07) is 0. The van der Waals surface area contributed by atoms with Crippen LogP contribution in [0.4, 0.5) is 0 Å². The van der Waals surface area contributed by atoms with Crippen LogP contribution in [0.5, 0.6) is 0 Å². The Kier molecular flexibility index (Phi) is 3.08. The Balaban J connectivity index is 3.24. The average Bonchev–Trinajstić information content (AvgIpc) is 2.02. The first kappa shape index (κ1) is 10.7. The number of nitrogens with zero attached hydrogens (tertiary/aromatic N) is 1. The van der Waals surface area contributed by atoms with Gasteiger partial charge >= 0.3 is 0 Å². The predicted molar refractivity (Wildman–Crippen MR) is 61.1 cm³/mol. The number of rotatable bonds is 1. The van der Waals surface area contributed by atoms with Crippen molar-refractivity contribution < 1.29 is 0 Å². The molecule has 0 radical (unpaired) electrons. The molecule has 1 aromatic heterocycles. The molecule has 0 fully saturated rings. The van der Waals surface area contributed by atoms with Crippen molar-refractivity contribution in [2.75, 3.05) is 0 Å². The summed E-state index contributed by atoms with van der Waals surface area (Å²) in [5.41, 5.74) is 4.27. The molecule has 0 spiro atoms. The minimum atomic E-state index is 0.201. The van der Waals surface area contributed by atoms with Crippen LogP contribution < -0.4 is 0 Å². The summed E-state index contributed by atoms with van der Waals surface area (Å²) in [6.07, 6.45) is 4.93. The van der Waals surface area contributed by atoms with Crippen LogP contribution >= 0.6 is 9.24 Å². The summed E-state index contributed by atoms with van der Waals surface area (Å²) in [5.74, 6) is 0. The molecule has 0 amide bonds. The first-order valence-corrected chi connectivity index (χ1v) is 5.42. The van der Waals surface area contributed by atoms with Crippen molar-refractivity contribution in [2.24, 2.45) is 0 Å². The van der Waals surface area contributed by atoms with Gasteiger partial charge in [0, 0.05) is 12.4 Å². The molecule has 0 bridgehead atoms. The predicted octanol–water partition coefficient (Wildman–Crippen LogP) is 3.06. The highest BCUT2D eigenvalue weighted by atomic mass is 31.0. The Labute approximate surface area is 83.2 Å². The van der Waals surface area contributed by atoms with Crippen molar-refractivity contribution in [2.45, 2.75) is 39.3 Å². The monoisotopic (exact) mass is 195 g/mol. The first-order chi connectivity index (χ1) is 5.96. The Morgan fingerprint density at radius 2 is 1.92 bits per heavy atom. The van der Waals surface area contributed by atoms with Gasteiger partial charge in [-0.05, 0) is 35.2 Å². The molecule has 0 N–H and O–H groups in total. The lowest BCUT2D eigenvalue weighted by Gasteiger charge is -2.22. The molecule has 1 heterocycles. The highest BCUT2D eigenvalue weighted by Gasteiger charge is 2.17. The molecule has 1 nitrogen and oxygen atoms in total. The van der Waals surface area contributed by atoms with Crippen molar-refractivity contribution in [1.82, 2.24) is 4.98 Å². The van der Waals surface area contributed by atoms with Crippen molar-refractivity contribution >= 4 is 9.24 Å². The second-order valence-electron chi connectivity index (χ2n) is 4.43. The van der Waals surface area contributed by atoms with Gasteiger partial charge in [-0.3, -0.25) is 4.98 Å². The lowest BCUT2D eigenvalue weighted by Crippen LogP contribution is -2.14. The molecule has 72 valence electrons. The summed E-state index contributed by atoms with van der Waals surface area (Å²) < 4.78 is 0. The minimum absolute atomic E-state index is 0.201. The zero-order chi connectivity index (χ0) is 10.1. The highest BCUT2D eigenvalue weighted by molar-refractivity contribution is 7.15. The molecule has 0 saturated heterocycles. The van der Waals surface area contributed by atoms with Gasteiger partial charge in [0.25, 0.3) is 0 Å². The van der Waals surface area contributed by atoms with Crippen LogP contribution in [0.2, 0.25) is 0 Å². The lowest BCUT2D eigenvalue weighted by molar-refractivity contribution is 0.582. The van der Waals surface area contributed by atoms with Crippen LogP contribution in [0.15, 0.2) is 12.4 Å². The number of hydrogen-bond acceptors (Lipinski definition) is 1. The standard InChI is InChI=1S/C11H18NP/c1-8-9(7-13)5-12-6-10(8)11(2,3)4/h5-6H,7,13H2,1-4H3. The van der Waals surface area contributed by atoms with Gasteiger partial charge in [0.1, 0.15) is 0 Å². The van der Waals surface area contributed by atoms with Crippen LogP contribution in [0.3, 0.4) is 0 Å². The Hall–Kier alpha value is -0.420. The molecule has 1 aromatic rings. The van der Waals surface area contributed by atoms with E-state index in [1.807, 2.05) is 12.4 Å². The van der Waals surface area contributed by atoms with Gasteiger partial charge in [-0.1, -0.05) is 20.8 Å². The number of pyridine rings is 1. The molecule has 13 heavy (non-hydrogen) atoms. The molecule has 0 aliphatic heterocycles. The SMILES string of the molecule is Cc1c(CP)cncc1C(C)(C)C. The van der Waals surface area contributed by atoms with Gasteiger partial charge in [0.05, 0.1) is 0 Å².